The van der Waals surface area contributed by atoms with E-state index < -0.39 is 5.97 Å². The topological polar surface area (TPSA) is 70.4 Å². The largest absolute Gasteiger partial charge is 0.488 e. The van der Waals surface area contributed by atoms with E-state index in [-0.39, 0.29) is 24.5 Å². The van der Waals surface area contributed by atoms with Crippen LogP contribution in [0.1, 0.15) is 10.5 Å². The molecular weight excluding hydrogens is 344 g/mol. The lowest BCUT2D eigenvalue weighted by atomic mass is 10.1. The van der Waals surface area contributed by atoms with Crippen molar-refractivity contribution in [2.24, 2.45) is 7.05 Å². The summed E-state index contributed by atoms with van der Waals surface area (Å²) >= 11 is 5.98. The van der Waals surface area contributed by atoms with E-state index in [2.05, 4.69) is 5.10 Å². The summed E-state index contributed by atoms with van der Waals surface area (Å²) in [6, 6.07) is 13.8. The van der Waals surface area contributed by atoms with Crippen molar-refractivity contribution in [2.45, 2.75) is 0 Å². The lowest BCUT2D eigenvalue weighted by molar-refractivity contribution is 0.0443. The van der Waals surface area contributed by atoms with Gasteiger partial charge in [-0.25, -0.2) is 9.48 Å². The first-order valence-electron chi connectivity index (χ1n) is 7.58. The van der Waals surface area contributed by atoms with Crippen molar-refractivity contribution in [3.05, 3.63) is 69.6 Å². The Bertz CT molecular complexity index is 984. The summed E-state index contributed by atoms with van der Waals surface area (Å²) in [4.78, 5) is 24.4. The van der Waals surface area contributed by atoms with E-state index in [4.69, 9.17) is 21.1 Å². The average Bonchev–Trinajstić information content (AvgIpc) is 2.63. The molecule has 0 aliphatic rings. The molecule has 0 N–H and O–H groups in total. The SMILES string of the molecule is Cn1nc(C(=O)OCCOc2ccccc2Cl)c2ccccc2c1=O. The second-order valence-electron chi connectivity index (χ2n) is 5.24. The molecule has 0 spiro atoms. The van der Waals surface area contributed by atoms with Gasteiger partial charge in [0.1, 0.15) is 19.0 Å². The molecule has 3 rings (SSSR count). The van der Waals surface area contributed by atoms with E-state index in [1.165, 1.54) is 7.05 Å². The third kappa shape index (κ3) is 3.64. The highest BCUT2D eigenvalue weighted by Gasteiger charge is 2.16. The second-order valence-corrected chi connectivity index (χ2v) is 5.64. The molecule has 0 radical (unpaired) electrons. The molecule has 2 aromatic carbocycles. The fourth-order valence-electron chi connectivity index (χ4n) is 2.37. The van der Waals surface area contributed by atoms with Crippen molar-refractivity contribution >= 4 is 28.3 Å². The van der Waals surface area contributed by atoms with Crippen LogP contribution in [-0.2, 0) is 11.8 Å². The van der Waals surface area contributed by atoms with Crippen molar-refractivity contribution in [1.82, 2.24) is 9.78 Å². The molecule has 0 fully saturated rings. The molecule has 0 unspecified atom stereocenters. The average molecular weight is 359 g/mol. The Morgan fingerprint density at radius 1 is 1.08 bits per heavy atom. The molecule has 0 saturated carbocycles. The maximum absolute atomic E-state index is 12.3. The van der Waals surface area contributed by atoms with Crippen molar-refractivity contribution in [1.29, 1.82) is 0 Å². The van der Waals surface area contributed by atoms with Crippen LogP contribution in [0.3, 0.4) is 0 Å². The molecule has 25 heavy (non-hydrogen) atoms. The molecule has 3 aromatic rings. The minimum atomic E-state index is -0.616. The van der Waals surface area contributed by atoms with E-state index in [0.717, 1.165) is 4.68 Å². The van der Waals surface area contributed by atoms with Gasteiger partial charge >= 0.3 is 5.97 Å². The van der Waals surface area contributed by atoms with Crippen LogP contribution in [0.15, 0.2) is 53.3 Å². The Hall–Kier alpha value is -2.86. The number of aromatic nitrogens is 2. The lowest BCUT2D eigenvalue weighted by Crippen LogP contribution is -2.24. The molecule has 6 nitrogen and oxygen atoms in total. The van der Waals surface area contributed by atoms with E-state index in [9.17, 15) is 9.59 Å². The standard InChI is InChI=1S/C18H15ClN2O4/c1-21-17(22)13-7-3-2-6-12(13)16(20-21)18(23)25-11-10-24-15-9-5-4-8-14(15)19/h2-9H,10-11H2,1H3. The number of aryl methyl sites for hydroxylation is 1. The number of fused-ring (bicyclic) bond motifs is 1. The highest BCUT2D eigenvalue weighted by molar-refractivity contribution is 6.32. The van der Waals surface area contributed by atoms with Crippen LogP contribution in [0.4, 0.5) is 0 Å². The van der Waals surface area contributed by atoms with Crippen molar-refractivity contribution < 1.29 is 14.3 Å². The van der Waals surface area contributed by atoms with Gasteiger partial charge in [0.05, 0.1) is 10.4 Å². The van der Waals surface area contributed by atoms with Crippen LogP contribution in [0, 0.1) is 0 Å². The Morgan fingerprint density at radius 3 is 2.52 bits per heavy atom. The first kappa shape index (κ1) is 17.0. The first-order valence-corrected chi connectivity index (χ1v) is 7.96. The number of para-hydroxylation sites is 1. The Kier molecular flexibility index (Phi) is 5.00. The van der Waals surface area contributed by atoms with Gasteiger partial charge in [-0.1, -0.05) is 41.9 Å². The quantitative estimate of drug-likeness (QED) is 0.518. The van der Waals surface area contributed by atoms with Gasteiger partial charge < -0.3 is 9.47 Å². The molecule has 0 amide bonds. The summed E-state index contributed by atoms with van der Waals surface area (Å²) in [5, 5.41) is 5.38. The number of rotatable bonds is 5. The number of halogens is 1. The molecule has 0 bridgehead atoms. The highest BCUT2D eigenvalue weighted by atomic mass is 35.5. The summed E-state index contributed by atoms with van der Waals surface area (Å²) in [5.74, 6) is -0.0968. The minimum absolute atomic E-state index is 0.0307. The van der Waals surface area contributed by atoms with Crippen LogP contribution in [0.2, 0.25) is 5.02 Å². The first-order chi connectivity index (χ1) is 12.1. The molecule has 0 saturated heterocycles. The predicted molar refractivity (Wildman–Crippen MR) is 94.2 cm³/mol. The molecule has 0 atom stereocenters. The fourth-order valence-corrected chi connectivity index (χ4v) is 2.56. The van der Waals surface area contributed by atoms with Gasteiger partial charge in [-0.15, -0.1) is 0 Å². The van der Waals surface area contributed by atoms with E-state index in [1.807, 2.05) is 0 Å². The normalized spacial score (nSPS) is 10.6. The summed E-state index contributed by atoms with van der Waals surface area (Å²) in [7, 11) is 1.49. The number of benzene rings is 2. The minimum Gasteiger partial charge on any atom is -0.488 e. The van der Waals surface area contributed by atoms with Gasteiger partial charge in [0, 0.05) is 12.4 Å². The number of carbonyl (C=O) groups is 1. The number of esters is 1. The number of nitrogens with zero attached hydrogens (tertiary/aromatic N) is 2. The number of hydrogen-bond acceptors (Lipinski definition) is 5. The van der Waals surface area contributed by atoms with Crippen LogP contribution < -0.4 is 10.3 Å². The van der Waals surface area contributed by atoms with Gasteiger partial charge in [-0.05, 0) is 18.2 Å². The number of carbonyl (C=O) groups excluding carboxylic acids is 1. The third-order valence-electron chi connectivity index (χ3n) is 3.56. The molecule has 1 aromatic heterocycles. The van der Waals surface area contributed by atoms with Crippen LogP contribution in [0.5, 0.6) is 5.75 Å². The molecule has 0 aliphatic carbocycles. The summed E-state index contributed by atoms with van der Waals surface area (Å²) in [6.07, 6.45) is 0. The van der Waals surface area contributed by atoms with E-state index in [0.29, 0.717) is 21.5 Å². The molecule has 0 aliphatic heterocycles. The molecule has 1 heterocycles. The number of ether oxygens (including phenoxy) is 2. The van der Waals surface area contributed by atoms with E-state index >= 15 is 0 Å². The highest BCUT2D eigenvalue weighted by Crippen LogP contribution is 2.22. The maximum atomic E-state index is 12.3. The smallest absolute Gasteiger partial charge is 0.359 e. The van der Waals surface area contributed by atoms with Crippen LogP contribution in [0.25, 0.3) is 10.8 Å². The van der Waals surface area contributed by atoms with Crippen molar-refractivity contribution in [3.8, 4) is 5.75 Å². The Labute approximate surface area is 148 Å². The predicted octanol–water partition coefficient (Wildman–Crippen LogP) is 2.82. The van der Waals surface area contributed by atoms with Gasteiger partial charge in [-0.3, -0.25) is 4.79 Å². The lowest BCUT2D eigenvalue weighted by Gasteiger charge is -2.10. The van der Waals surface area contributed by atoms with Gasteiger partial charge in [0.2, 0.25) is 0 Å². The van der Waals surface area contributed by atoms with E-state index in [1.54, 1.807) is 48.5 Å². The van der Waals surface area contributed by atoms with Gasteiger partial charge in [0.15, 0.2) is 5.69 Å². The van der Waals surface area contributed by atoms with Crippen molar-refractivity contribution in [3.63, 3.8) is 0 Å². The summed E-state index contributed by atoms with van der Waals surface area (Å²) < 4.78 is 11.8. The number of hydrogen-bond donors (Lipinski definition) is 0. The fraction of sp³-hybridized carbons (Fsp3) is 0.167. The zero-order valence-corrected chi connectivity index (χ0v) is 14.2. The van der Waals surface area contributed by atoms with Crippen molar-refractivity contribution in [2.75, 3.05) is 13.2 Å². The summed E-state index contributed by atoms with van der Waals surface area (Å²) in [5.41, 5.74) is -0.176. The van der Waals surface area contributed by atoms with Crippen LogP contribution in [-0.4, -0.2) is 29.0 Å². The molecule has 7 heteroatoms. The third-order valence-corrected chi connectivity index (χ3v) is 3.87. The molecular formula is C18H15ClN2O4. The second kappa shape index (κ2) is 7.36. The zero-order valence-electron chi connectivity index (χ0n) is 13.4. The Morgan fingerprint density at radius 2 is 1.76 bits per heavy atom. The van der Waals surface area contributed by atoms with Gasteiger partial charge in [-0.2, -0.15) is 5.10 Å². The van der Waals surface area contributed by atoms with Gasteiger partial charge in [0.25, 0.3) is 5.56 Å². The zero-order chi connectivity index (χ0) is 17.8. The summed E-state index contributed by atoms with van der Waals surface area (Å²) in [6.45, 7) is 0.183. The monoisotopic (exact) mass is 358 g/mol. The van der Waals surface area contributed by atoms with Crippen LogP contribution >= 0.6 is 11.6 Å². The maximum Gasteiger partial charge on any atom is 0.359 e. The Balaban J connectivity index is 1.70. The molecule has 128 valence electrons.